The first-order valence-corrected chi connectivity index (χ1v) is 7.27. The lowest BCUT2D eigenvalue weighted by molar-refractivity contribution is 0.224. The Morgan fingerprint density at radius 1 is 1.37 bits per heavy atom. The maximum Gasteiger partial charge on any atom is 0.234 e. The van der Waals surface area contributed by atoms with Crippen LogP contribution in [0.5, 0.6) is 5.75 Å². The lowest BCUT2D eigenvalue weighted by Gasteiger charge is -2.25. The van der Waals surface area contributed by atoms with E-state index < -0.39 is 0 Å². The van der Waals surface area contributed by atoms with Crippen LogP contribution in [0.2, 0.25) is 5.02 Å². The number of thioether (sulfide) groups is 1. The van der Waals surface area contributed by atoms with E-state index in [1.165, 1.54) is 0 Å². The highest BCUT2D eigenvalue weighted by Crippen LogP contribution is 2.48. The number of hydrogen-bond donors (Lipinski definition) is 0. The van der Waals surface area contributed by atoms with Crippen LogP contribution in [-0.2, 0) is 0 Å². The van der Waals surface area contributed by atoms with Crippen molar-refractivity contribution in [3.63, 3.8) is 0 Å². The lowest BCUT2D eigenvalue weighted by atomic mass is 10.0. The van der Waals surface area contributed by atoms with Crippen LogP contribution in [-0.4, -0.2) is 6.61 Å². The van der Waals surface area contributed by atoms with E-state index in [2.05, 4.69) is 6.08 Å². The van der Waals surface area contributed by atoms with E-state index >= 15 is 0 Å². The van der Waals surface area contributed by atoms with Gasteiger partial charge < -0.3 is 9.15 Å². The van der Waals surface area contributed by atoms with Gasteiger partial charge in [0, 0.05) is 10.9 Å². The van der Waals surface area contributed by atoms with Crippen molar-refractivity contribution >= 4 is 34.3 Å². The van der Waals surface area contributed by atoms with Crippen LogP contribution in [0.3, 0.4) is 0 Å². The number of hydrogen-bond acceptors (Lipinski definition) is 4. The monoisotopic (exact) mass is 292 g/mol. The number of halogens is 1. The topological polar surface area (TPSA) is 39.4 Å². The van der Waals surface area contributed by atoms with Crippen LogP contribution in [0.4, 0.5) is 0 Å². The van der Waals surface area contributed by atoms with Gasteiger partial charge in [0.05, 0.1) is 17.2 Å². The third kappa shape index (κ3) is 1.63. The van der Waals surface area contributed by atoms with Gasteiger partial charge in [-0.1, -0.05) is 17.7 Å². The third-order valence-electron chi connectivity index (χ3n) is 3.45. The molecule has 2 aliphatic rings. The van der Waals surface area contributed by atoms with Crippen LogP contribution in [0, 0.1) is 5.92 Å². The molecule has 3 heterocycles. The molecule has 0 N–H and O–H groups in total. The van der Waals surface area contributed by atoms with Gasteiger partial charge in [-0.05, 0) is 23.6 Å². The van der Waals surface area contributed by atoms with Crippen molar-refractivity contribution in [2.75, 3.05) is 6.61 Å². The number of benzene rings is 1. The first-order valence-electron chi connectivity index (χ1n) is 5.95. The molecule has 2 unspecified atom stereocenters. The highest BCUT2D eigenvalue weighted by molar-refractivity contribution is 8.02. The zero-order valence-electron chi connectivity index (χ0n) is 9.76. The molecule has 0 aliphatic carbocycles. The molecule has 96 valence electrons. The first-order chi connectivity index (χ1) is 9.24. The Morgan fingerprint density at radius 3 is 3.16 bits per heavy atom. The SMILES string of the molecule is O=c1c2c(oc3ccc(Cl)cc13)C1SC=CC1CO2. The molecule has 1 aromatic heterocycles. The van der Waals surface area contributed by atoms with Crippen molar-refractivity contribution in [2.24, 2.45) is 5.92 Å². The summed E-state index contributed by atoms with van der Waals surface area (Å²) in [5.41, 5.74) is 0.426. The number of fused-ring (bicyclic) bond motifs is 4. The standard InChI is InChI=1S/C14H9ClO3S/c15-8-1-2-10-9(5-8)11(16)12-13(18-10)14-7(6-17-12)3-4-19-14/h1-5,7,14H,6H2. The second kappa shape index (κ2) is 4.05. The van der Waals surface area contributed by atoms with Gasteiger partial charge >= 0.3 is 0 Å². The average molecular weight is 293 g/mol. The van der Waals surface area contributed by atoms with E-state index in [9.17, 15) is 4.79 Å². The molecule has 2 aliphatic heterocycles. The Hall–Kier alpha value is -1.39. The van der Waals surface area contributed by atoms with Gasteiger partial charge in [0.2, 0.25) is 11.2 Å². The van der Waals surface area contributed by atoms with Gasteiger partial charge in [-0.15, -0.1) is 11.8 Å². The summed E-state index contributed by atoms with van der Waals surface area (Å²) in [6.45, 7) is 0.526. The van der Waals surface area contributed by atoms with Crippen molar-refractivity contribution in [2.45, 2.75) is 5.25 Å². The molecule has 2 atom stereocenters. The normalized spacial score (nSPS) is 24.1. The summed E-state index contributed by atoms with van der Waals surface area (Å²) in [5.74, 6) is 1.27. The predicted octanol–water partition coefficient (Wildman–Crippen LogP) is 3.76. The highest BCUT2D eigenvalue weighted by atomic mass is 35.5. The Morgan fingerprint density at radius 2 is 2.26 bits per heavy atom. The third-order valence-corrected chi connectivity index (χ3v) is 4.86. The van der Waals surface area contributed by atoms with Crippen molar-refractivity contribution in [1.82, 2.24) is 0 Å². The van der Waals surface area contributed by atoms with Gasteiger partial charge in [0.25, 0.3) is 0 Å². The van der Waals surface area contributed by atoms with E-state index in [0.717, 1.165) is 0 Å². The van der Waals surface area contributed by atoms with E-state index in [1.54, 1.807) is 30.0 Å². The van der Waals surface area contributed by atoms with Crippen molar-refractivity contribution in [3.05, 3.63) is 50.7 Å². The molecule has 0 spiro atoms. The van der Waals surface area contributed by atoms with Crippen molar-refractivity contribution in [1.29, 1.82) is 0 Å². The van der Waals surface area contributed by atoms with E-state index in [4.69, 9.17) is 20.8 Å². The Bertz CT molecular complexity index is 765. The largest absolute Gasteiger partial charge is 0.486 e. The second-order valence-electron chi connectivity index (χ2n) is 4.63. The van der Waals surface area contributed by atoms with Crippen molar-refractivity contribution in [3.8, 4) is 5.75 Å². The van der Waals surface area contributed by atoms with Gasteiger partial charge in [-0.2, -0.15) is 0 Å². The maximum absolute atomic E-state index is 12.4. The van der Waals surface area contributed by atoms with Crippen LogP contribution >= 0.6 is 23.4 Å². The smallest absolute Gasteiger partial charge is 0.234 e. The van der Waals surface area contributed by atoms with Crippen LogP contribution < -0.4 is 10.2 Å². The van der Waals surface area contributed by atoms with Crippen LogP contribution in [0.15, 0.2) is 38.9 Å². The Kier molecular flexibility index (Phi) is 2.44. The summed E-state index contributed by atoms with van der Waals surface area (Å²) in [5, 5.41) is 3.18. The van der Waals surface area contributed by atoms with Crippen LogP contribution in [0.1, 0.15) is 11.0 Å². The van der Waals surface area contributed by atoms with Crippen molar-refractivity contribution < 1.29 is 9.15 Å². The first kappa shape index (κ1) is 11.4. The van der Waals surface area contributed by atoms with Gasteiger partial charge in [-0.25, -0.2) is 0 Å². The average Bonchev–Trinajstić information content (AvgIpc) is 2.88. The fourth-order valence-electron chi connectivity index (χ4n) is 2.50. The summed E-state index contributed by atoms with van der Waals surface area (Å²) in [4.78, 5) is 12.4. The Labute approximate surface area is 118 Å². The number of ether oxygens (including phenoxy) is 1. The van der Waals surface area contributed by atoms with E-state index in [-0.39, 0.29) is 16.6 Å². The van der Waals surface area contributed by atoms with Gasteiger partial charge in [0.15, 0.2) is 5.76 Å². The summed E-state index contributed by atoms with van der Waals surface area (Å²) in [6, 6.07) is 5.08. The summed E-state index contributed by atoms with van der Waals surface area (Å²) >= 11 is 7.60. The molecule has 19 heavy (non-hydrogen) atoms. The zero-order valence-corrected chi connectivity index (χ0v) is 11.3. The van der Waals surface area contributed by atoms with Crippen LogP contribution in [0.25, 0.3) is 11.0 Å². The maximum atomic E-state index is 12.4. The molecule has 0 saturated heterocycles. The molecular weight excluding hydrogens is 284 g/mol. The zero-order chi connectivity index (χ0) is 13.0. The molecule has 1 aromatic carbocycles. The quantitative estimate of drug-likeness (QED) is 0.741. The minimum atomic E-state index is -0.135. The fraction of sp³-hybridized carbons (Fsp3) is 0.214. The molecule has 0 radical (unpaired) electrons. The molecule has 3 nitrogen and oxygen atoms in total. The minimum absolute atomic E-state index is 0.135. The molecule has 5 heteroatoms. The van der Waals surface area contributed by atoms with Gasteiger partial charge in [-0.3, -0.25) is 4.79 Å². The summed E-state index contributed by atoms with van der Waals surface area (Å²) in [6.07, 6.45) is 2.10. The predicted molar refractivity (Wildman–Crippen MR) is 76.0 cm³/mol. The summed E-state index contributed by atoms with van der Waals surface area (Å²) in [7, 11) is 0. The number of rotatable bonds is 0. The highest BCUT2D eigenvalue weighted by Gasteiger charge is 2.36. The van der Waals surface area contributed by atoms with E-state index in [1.807, 2.05) is 5.41 Å². The fourth-order valence-corrected chi connectivity index (χ4v) is 3.79. The van der Waals surface area contributed by atoms with Gasteiger partial charge in [0.1, 0.15) is 5.58 Å². The second-order valence-corrected chi connectivity index (χ2v) is 6.11. The summed E-state index contributed by atoms with van der Waals surface area (Å²) < 4.78 is 11.5. The minimum Gasteiger partial charge on any atom is -0.486 e. The molecular formula is C14H9ClO3S. The Balaban J connectivity index is 2.02. The molecule has 0 fully saturated rings. The van der Waals surface area contributed by atoms with E-state index in [0.29, 0.717) is 34.1 Å². The molecule has 2 aromatic rings. The lowest BCUT2D eigenvalue weighted by Crippen LogP contribution is -2.25. The molecule has 4 rings (SSSR count). The molecule has 0 amide bonds. The molecule has 0 saturated carbocycles. The molecule has 0 bridgehead atoms.